The number of aryl methyl sites for hydroxylation is 3. The van der Waals surface area contributed by atoms with Crippen LogP contribution in [0.15, 0.2) is 44.1 Å². The van der Waals surface area contributed by atoms with Gasteiger partial charge in [-0.1, -0.05) is 17.7 Å². The van der Waals surface area contributed by atoms with Crippen LogP contribution in [0.3, 0.4) is 0 Å². The third-order valence-electron chi connectivity index (χ3n) is 4.18. The minimum absolute atomic E-state index is 0.0932. The minimum atomic E-state index is -3.80. The van der Waals surface area contributed by atoms with E-state index in [-0.39, 0.29) is 23.3 Å². The number of aromatic nitrogens is 2. The summed E-state index contributed by atoms with van der Waals surface area (Å²) >= 11 is 0. The standard InChI is InChI=1S/C19H21N3O6S/c1-12-5-7-15(8-6-12)29(24,25)22(4)10-18(23)26-11-17-20-21-19(28-17)16-9-13(2)27-14(16)3/h5-9H,10-11H2,1-4H3. The molecule has 0 saturated heterocycles. The highest BCUT2D eigenvalue weighted by Crippen LogP contribution is 2.25. The zero-order chi connectivity index (χ0) is 21.2. The van der Waals surface area contributed by atoms with Crippen LogP contribution in [-0.2, 0) is 26.2 Å². The van der Waals surface area contributed by atoms with Crippen LogP contribution in [0.4, 0.5) is 0 Å². The van der Waals surface area contributed by atoms with E-state index in [4.69, 9.17) is 13.6 Å². The zero-order valence-corrected chi connectivity index (χ0v) is 17.3. The Morgan fingerprint density at radius 1 is 1.10 bits per heavy atom. The highest BCUT2D eigenvalue weighted by molar-refractivity contribution is 7.89. The van der Waals surface area contributed by atoms with Crippen LogP contribution < -0.4 is 0 Å². The van der Waals surface area contributed by atoms with E-state index in [0.717, 1.165) is 9.87 Å². The molecule has 0 saturated carbocycles. The number of nitrogens with zero attached hydrogens (tertiary/aromatic N) is 3. The maximum atomic E-state index is 12.5. The molecule has 1 aromatic carbocycles. The SMILES string of the molecule is Cc1ccc(S(=O)(=O)N(C)CC(=O)OCc2nnc(-c3cc(C)oc3C)o2)cc1. The molecule has 0 radical (unpaired) electrons. The van der Waals surface area contributed by atoms with Gasteiger partial charge in [-0.25, -0.2) is 8.42 Å². The number of rotatable bonds is 7. The van der Waals surface area contributed by atoms with Gasteiger partial charge in [0.1, 0.15) is 18.1 Å². The summed E-state index contributed by atoms with van der Waals surface area (Å²) in [6, 6.07) is 8.13. The first-order chi connectivity index (χ1) is 13.7. The lowest BCUT2D eigenvalue weighted by atomic mass is 10.2. The van der Waals surface area contributed by atoms with Crippen LogP contribution in [0.2, 0.25) is 0 Å². The van der Waals surface area contributed by atoms with E-state index < -0.39 is 22.5 Å². The molecule has 0 aliphatic carbocycles. The van der Waals surface area contributed by atoms with Crippen LogP contribution in [-0.4, -0.2) is 42.5 Å². The molecule has 2 heterocycles. The Hall–Kier alpha value is -2.98. The summed E-state index contributed by atoms with van der Waals surface area (Å²) in [7, 11) is -2.49. The number of carbonyl (C=O) groups excluding carboxylic acids is 1. The summed E-state index contributed by atoms with van der Waals surface area (Å²) in [5, 5.41) is 7.74. The third-order valence-corrected chi connectivity index (χ3v) is 5.99. The lowest BCUT2D eigenvalue weighted by Crippen LogP contribution is -2.33. The van der Waals surface area contributed by atoms with Crippen molar-refractivity contribution in [1.29, 1.82) is 0 Å². The van der Waals surface area contributed by atoms with Crippen LogP contribution in [0.25, 0.3) is 11.5 Å². The van der Waals surface area contributed by atoms with E-state index in [1.807, 2.05) is 6.92 Å². The molecule has 10 heteroatoms. The van der Waals surface area contributed by atoms with Crippen LogP contribution in [0.5, 0.6) is 0 Å². The molecule has 0 atom stereocenters. The van der Waals surface area contributed by atoms with Gasteiger partial charge >= 0.3 is 5.97 Å². The first-order valence-electron chi connectivity index (χ1n) is 8.75. The van der Waals surface area contributed by atoms with Crippen molar-refractivity contribution >= 4 is 16.0 Å². The summed E-state index contributed by atoms with van der Waals surface area (Å²) in [5.74, 6) is 0.956. The van der Waals surface area contributed by atoms with Crippen LogP contribution in [0.1, 0.15) is 23.0 Å². The van der Waals surface area contributed by atoms with Gasteiger partial charge in [-0.05, 0) is 39.0 Å². The number of furan rings is 1. The molecular weight excluding hydrogens is 398 g/mol. The molecule has 0 bridgehead atoms. The third kappa shape index (κ3) is 4.72. The van der Waals surface area contributed by atoms with Gasteiger partial charge in [-0.2, -0.15) is 4.31 Å². The van der Waals surface area contributed by atoms with Crippen molar-refractivity contribution in [3.05, 3.63) is 53.3 Å². The number of esters is 1. The molecule has 154 valence electrons. The largest absolute Gasteiger partial charge is 0.466 e. The number of ether oxygens (including phenoxy) is 1. The van der Waals surface area contributed by atoms with Crippen molar-refractivity contribution in [3.63, 3.8) is 0 Å². The monoisotopic (exact) mass is 419 g/mol. The fourth-order valence-electron chi connectivity index (χ4n) is 2.61. The molecule has 0 unspecified atom stereocenters. The van der Waals surface area contributed by atoms with Crippen LogP contribution in [0, 0.1) is 20.8 Å². The quantitative estimate of drug-likeness (QED) is 0.537. The van der Waals surface area contributed by atoms with Crippen molar-refractivity contribution in [3.8, 4) is 11.5 Å². The van der Waals surface area contributed by atoms with E-state index in [1.54, 1.807) is 32.0 Å². The maximum absolute atomic E-state index is 12.5. The summed E-state index contributed by atoms with van der Waals surface area (Å²) in [4.78, 5) is 12.2. The van der Waals surface area contributed by atoms with E-state index in [1.165, 1.54) is 19.2 Å². The molecular formula is C19H21N3O6S. The molecule has 3 rings (SSSR count). The Balaban J connectivity index is 1.58. The van der Waals surface area contributed by atoms with Crippen molar-refractivity contribution in [2.45, 2.75) is 32.3 Å². The highest BCUT2D eigenvalue weighted by Gasteiger charge is 2.24. The number of benzene rings is 1. The van der Waals surface area contributed by atoms with Crippen LogP contribution >= 0.6 is 0 Å². The zero-order valence-electron chi connectivity index (χ0n) is 16.5. The van der Waals surface area contributed by atoms with E-state index >= 15 is 0 Å². The fourth-order valence-corrected chi connectivity index (χ4v) is 3.72. The van der Waals surface area contributed by atoms with Crippen molar-refractivity contribution in [2.24, 2.45) is 0 Å². The summed E-state index contributed by atoms with van der Waals surface area (Å²) in [6.07, 6.45) is 0. The lowest BCUT2D eigenvalue weighted by molar-refractivity contribution is -0.145. The summed E-state index contributed by atoms with van der Waals surface area (Å²) in [5.41, 5.74) is 1.60. The second-order valence-corrected chi connectivity index (χ2v) is 8.61. The van der Waals surface area contributed by atoms with Gasteiger partial charge in [0, 0.05) is 7.05 Å². The fraction of sp³-hybridized carbons (Fsp3) is 0.316. The van der Waals surface area contributed by atoms with Gasteiger partial charge in [0.05, 0.1) is 10.5 Å². The predicted octanol–water partition coefficient (Wildman–Crippen LogP) is 2.62. The molecule has 9 nitrogen and oxygen atoms in total. The highest BCUT2D eigenvalue weighted by atomic mass is 32.2. The maximum Gasteiger partial charge on any atom is 0.321 e. The molecule has 0 spiro atoms. The first kappa shape index (κ1) is 20.7. The van der Waals surface area contributed by atoms with Gasteiger partial charge in [-0.15, -0.1) is 10.2 Å². The smallest absolute Gasteiger partial charge is 0.321 e. The summed E-state index contributed by atoms with van der Waals surface area (Å²) in [6.45, 7) is 4.72. The number of likely N-dealkylation sites (N-methyl/N-ethyl adjacent to an activating group) is 1. The van der Waals surface area contributed by atoms with Gasteiger partial charge in [0.15, 0.2) is 6.61 Å². The number of carbonyl (C=O) groups is 1. The average molecular weight is 419 g/mol. The van der Waals surface area contributed by atoms with Gasteiger partial charge < -0.3 is 13.6 Å². The van der Waals surface area contributed by atoms with Gasteiger partial charge in [0.2, 0.25) is 10.0 Å². The Bertz CT molecular complexity index is 1120. The molecule has 2 aromatic heterocycles. The number of hydrogen-bond acceptors (Lipinski definition) is 8. The first-order valence-corrected chi connectivity index (χ1v) is 10.2. The molecule has 0 amide bonds. The Morgan fingerprint density at radius 3 is 2.41 bits per heavy atom. The van der Waals surface area contributed by atoms with Crippen molar-refractivity contribution in [2.75, 3.05) is 13.6 Å². The topological polar surface area (TPSA) is 116 Å². The molecule has 0 aliphatic rings. The Kier molecular flexibility index (Phi) is 5.85. The number of hydrogen-bond donors (Lipinski definition) is 0. The van der Waals surface area contributed by atoms with E-state index in [9.17, 15) is 13.2 Å². The lowest BCUT2D eigenvalue weighted by Gasteiger charge is -2.16. The molecule has 3 aromatic rings. The van der Waals surface area contributed by atoms with E-state index in [0.29, 0.717) is 17.1 Å². The molecule has 29 heavy (non-hydrogen) atoms. The number of sulfonamides is 1. The molecule has 0 aliphatic heterocycles. The van der Waals surface area contributed by atoms with Gasteiger partial charge in [0.25, 0.3) is 11.8 Å². The average Bonchev–Trinajstić information content (AvgIpc) is 3.26. The molecule has 0 N–H and O–H groups in total. The predicted molar refractivity (Wildman–Crippen MR) is 102 cm³/mol. The van der Waals surface area contributed by atoms with Gasteiger partial charge in [-0.3, -0.25) is 4.79 Å². The van der Waals surface area contributed by atoms with E-state index in [2.05, 4.69) is 10.2 Å². The van der Waals surface area contributed by atoms with Crippen molar-refractivity contribution in [1.82, 2.24) is 14.5 Å². The Morgan fingerprint density at radius 2 is 1.79 bits per heavy atom. The normalized spacial score (nSPS) is 11.8. The minimum Gasteiger partial charge on any atom is -0.466 e. The second-order valence-electron chi connectivity index (χ2n) is 6.56. The van der Waals surface area contributed by atoms with Crippen molar-refractivity contribution < 1.29 is 26.8 Å². The Labute approximate surface area is 168 Å². The summed E-state index contributed by atoms with van der Waals surface area (Å²) < 4.78 is 41.9. The second kappa shape index (κ2) is 8.18. The molecule has 0 fully saturated rings.